The van der Waals surface area contributed by atoms with Crippen molar-refractivity contribution in [2.24, 2.45) is 11.7 Å². The van der Waals surface area contributed by atoms with Crippen LogP contribution in [0.15, 0.2) is 0 Å². The Hall–Kier alpha value is -0.610. The van der Waals surface area contributed by atoms with Crippen LogP contribution in [0.2, 0.25) is 0 Å². The Morgan fingerprint density at radius 3 is 2.82 bits per heavy atom. The van der Waals surface area contributed by atoms with E-state index in [1.54, 1.807) is 6.92 Å². The number of carbonyl (C=O) groups is 1. The van der Waals surface area contributed by atoms with Crippen molar-refractivity contribution in [3.05, 3.63) is 0 Å². The zero-order valence-corrected chi connectivity index (χ0v) is 11.0. The number of aliphatic hydroxyl groups excluding tert-OH is 1. The molecular formula is C13H26N2O2. The molecule has 3 unspecified atom stereocenters. The van der Waals surface area contributed by atoms with Gasteiger partial charge in [-0.15, -0.1) is 0 Å². The van der Waals surface area contributed by atoms with Crippen LogP contribution in [-0.4, -0.2) is 29.2 Å². The molecule has 17 heavy (non-hydrogen) atoms. The third-order valence-electron chi connectivity index (χ3n) is 3.66. The van der Waals surface area contributed by atoms with Crippen LogP contribution in [0.4, 0.5) is 0 Å². The first kappa shape index (κ1) is 14.5. The van der Waals surface area contributed by atoms with Crippen LogP contribution >= 0.6 is 0 Å². The van der Waals surface area contributed by atoms with Crippen LogP contribution in [0.3, 0.4) is 0 Å². The third kappa shape index (κ3) is 4.28. The van der Waals surface area contributed by atoms with E-state index in [0.29, 0.717) is 12.3 Å². The van der Waals surface area contributed by atoms with Crippen molar-refractivity contribution in [3.63, 3.8) is 0 Å². The summed E-state index contributed by atoms with van der Waals surface area (Å²) >= 11 is 0. The lowest BCUT2D eigenvalue weighted by Crippen LogP contribution is -2.54. The molecular weight excluding hydrogens is 216 g/mol. The average Bonchev–Trinajstić information content (AvgIpc) is 2.29. The van der Waals surface area contributed by atoms with Crippen LogP contribution in [0.25, 0.3) is 0 Å². The van der Waals surface area contributed by atoms with Crippen molar-refractivity contribution >= 4 is 5.91 Å². The maximum Gasteiger partial charge on any atom is 0.240 e. The number of nitrogens with one attached hydrogen (secondary N) is 1. The molecule has 1 rings (SSSR count). The molecule has 0 aromatic carbocycles. The fraction of sp³-hybridized carbons (Fsp3) is 0.923. The van der Waals surface area contributed by atoms with E-state index in [0.717, 1.165) is 32.1 Å². The summed E-state index contributed by atoms with van der Waals surface area (Å²) in [5.41, 5.74) is 5.23. The van der Waals surface area contributed by atoms with Gasteiger partial charge in [-0.1, -0.05) is 19.8 Å². The smallest absolute Gasteiger partial charge is 0.240 e. The summed E-state index contributed by atoms with van der Waals surface area (Å²) in [6.45, 7) is 4.04. The number of hydrogen-bond acceptors (Lipinski definition) is 3. The highest BCUT2D eigenvalue weighted by Gasteiger charge is 2.30. The second kappa shape index (κ2) is 6.36. The first-order valence-corrected chi connectivity index (χ1v) is 6.70. The monoisotopic (exact) mass is 242 g/mol. The topological polar surface area (TPSA) is 75.4 Å². The van der Waals surface area contributed by atoms with Crippen molar-refractivity contribution < 1.29 is 9.90 Å². The fourth-order valence-corrected chi connectivity index (χ4v) is 2.57. The first-order valence-electron chi connectivity index (χ1n) is 6.70. The largest absolute Gasteiger partial charge is 0.396 e. The highest BCUT2D eigenvalue weighted by Crippen LogP contribution is 2.24. The minimum Gasteiger partial charge on any atom is -0.396 e. The lowest BCUT2D eigenvalue weighted by atomic mass is 9.85. The fourth-order valence-electron chi connectivity index (χ4n) is 2.57. The van der Waals surface area contributed by atoms with Gasteiger partial charge < -0.3 is 16.2 Å². The summed E-state index contributed by atoms with van der Waals surface area (Å²) in [4.78, 5) is 12.0. The number of aliphatic hydroxyl groups is 1. The lowest BCUT2D eigenvalue weighted by molar-refractivity contribution is -0.127. The molecule has 1 amide bonds. The zero-order chi connectivity index (χ0) is 12.9. The van der Waals surface area contributed by atoms with Gasteiger partial charge in [0.15, 0.2) is 0 Å². The Morgan fingerprint density at radius 2 is 2.24 bits per heavy atom. The van der Waals surface area contributed by atoms with Gasteiger partial charge in [0, 0.05) is 12.6 Å². The molecule has 4 N–H and O–H groups in total. The second-order valence-corrected chi connectivity index (χ2v) is 5.55. The lowest BCUT2D eigenvalue weighted by Gasteiger charge is -2.32. The Bertz CT molecular complexity index is 254. The minimum atomic E-state index is -0.763. The van der Waals surface area contributed by atoms with E-state index in [-0.39, 0.29) is 18.6 Å². The maximum atomic E-state index is 12.0. The number of hydrogen-bond donors (Lipinski definition) is 3. The first-order chi connectivity index (χ1) is 7.99. The van der Waals surface area contributed by atoms with Crippen LogP contribution in [0.1, 0.15) is 52.4 Å². The summed E-state index contributed by atoms with van der Waals surface area (Å²) < 4.78 is 0. The molecule has 0 saturated heterocycles. The predicted molar refractivity (Wildman–Crippen MR) is 68.5 cm³/mol. The van der Waals surface area contributed by atoms with Crippen molar-refractivity contribution in [1.82, 2.24) is 5.32 Å². The average molecular weight is 242 g/mol. The summed E-state index contributed by atoms with van der Waals surface area (Å²) in [5, 5.41) is 12.2. The van der Waals surface area contributed by atoms with E-state index in [1.165, 1.54) is 0 Å². The molecule has 1 aliphatic rings. The molecule has 1 saturated carbocycles. The Labute approximate surface area is 104 Å². The number of nitrogens with two attached hydrogens (primary N) is 1. The molecule has 100 valence electrons. The third-order valence-corrected chi connectivity index (χ3v) is 3.66. The highest BCUT2D eigenvalue weighted by molar-refractivity contribution is 5.85. The van der Waals surface area contributed by atoms with Gasteiger partial charge in [0.25, 0.3) is 0 Å². The van der Waals surface area contributed by atoms with Crippen molar-refractivity contribution in [2.75, 3.05) is 6.61 Å². The van der Waals surface area contributed by atoms with Gasteiger partial charge >= 0.3 is 0 Å². The maximum absolute atomic E-state index is 12.0. The van der Waals surface area contributed by atoms with E-state index < -0.39 is 5.54 Å². The number of carbonyl (C=O) groups excluding carboxylic acids is 1. The molecule has 4 heteroatoms. The van der Waals surface area contributed by atoms with Crippen LogP contribution in [-0.2, 0) is 4.79 Å². The van der Waals surface area contributed by atoms with Gasteiger partial charge in [-0.25, -0.2) is 0 Å². The van der Waals surface area contributed by atoms with Gasteiger partial charge in [-0.2, -0.15) is 0 Å². The van der Waals surface area contributed by atoms with Crippen molar-refractivity contribution in [2.45, 2.75) is 64.0 Å². The summed E-state index contributed by atoms with van der Waals surface area (Å²) in [7, 11) is 0. The zero-order valence-electron chi connectivity index (χ0n) is 11.0. The van der Waals surface area contributed by atoms with Gasteiger partial charge in [0.2, 0.25) is 5.91 Å². The molecule has 4 nitrogen and oxygen atoms in total. The van der Waals surface area contributed by atoms with E-state index in [1.807, 2.05) is 6.92 Å². The quantitative estimate of drug-likeness (QED) is 0.677. The number of amides is 1. The summed E-state index contributed by atoms with van der Waals surface area (Å²) in [5.74, 6) is 0.284. The Balaban J connectivity index is 2.45. The SMILES string of the molecule is CCCC(C)(N)C(=O)NC1CCCC(CO)C1. The van der Waals surface area contributed by atoms with Crippen molar-refractivity contribution in [1.29, 1.82) is 0 Å². The van der Waals surface area contributed by atoms with E-state index >= 15 is 0 Å². The van der Waals surface area contributed by atoms with Crippen LogP contribution in [0.5, 0.6) is 0 Å². The molecule has 0 aromatic rings. The highest BCUT2D eigenvalue weighted by atomic mass is 16.3. The molecule has 1 fully saturated rings. The van der Waals surface area contributed by atoms with E-state index in [9.17, 15) is 4.79 Å². The summed E-state index contributed by atoms with van der Waals surface area (Å²) in [6, 6.07) is 0.188. The van der Waals surface area contributed by atoms with Gasteiger partial charge in [0.1, 0.15) is 0 Å². The van der Waals surface area contributed by atoms with E-state index in [4.69, 9.17) is 10.8 Å². The molecule has 0 heterocycles. The number of rotatable bonds is 5. The predicted octanol–water partition coefficient (Wildman–Crippen LogP) is 1.17. The van der Waals surface area contributed by atoms with Gasteiger partial charge in [0.05, 0.1) is 5.54 Å². The van der Waals surface area contributed by atoms with Gasteiger partial charge in [-0.05, 0) is 38.5 Å². The molecule has 3 atom stereocenters. The summed E-state index contributed by atoms with van der Waals surface area (Å²) in [6.07, 6.45) is 5.64. The Morgan fingerprint density at radius 1 is 1.53 bits per heavy atom. The molecule has 1 aliphatic carbocycles. The molecule has 0 spiro atoms. The van der Waals surface area contributed by atoms with Gasteiger partial charge in [-0.3, -0.25) is 4.79 Å². The molecule has 0 aromatic heterocycles. The van der Waals surface area contributed by atoms with Crippen molar-refractivity contribution in [3.8, 4) is 0 Å². The Kier molecular flexibility index (Phi) is 5.40. The van der Waals surface area contributed by atoms with E-state index in [2.05, 4.69) is 5.32 Å². The minimum absolute atomic E-state index is 0.0528. The molecule has 0 aliphatic heterocycles. The van der Waals surface area contributed by atoms with Crippen LogP contribution in [0, 0.1) is 5.92 Å². The standard InChI is InChI=1S/C13H26N2O2/c1-3-7-13(2,14)12(17)15-11-6-4-5-10(8-11)9-16/h10-11,16H,3-9,14H2,1-2H3,(H,15,17). The van der Waals surface area contributed by atoms with Crippen LogP contribution < -0.4 is 11.1 Å². The normalized spacial score (nSPS) is 28.5. The molecule has 0 bridgehead atoms. The second-order valence-electron chi connectivity index (χ2n) is 5.55. The molecule has 0 radical (unpaired) electrons.